The van der Waals surface area contributed by atoms with Gasteiger partial charge in [-0.25, -0.2) is 0 Å². The van der Waals surface area contributed by atoms with E-state index in [0.29, 0.717) is 12.1 Å². The molecule has 4 nitrogen and oxygen atoms in total. The monoisotopic (exact) mass is 249 g/mol. The van der Waals surface area contributed by atoms with Crippen molar-refractivity contribution in [3.8, 4) is 11.5 Å². The van der Waals surface area contributed by atoms with Crippen LogP contribution in [0.2, 0.25) is 0 Å². The normalized spacial score (nSPS) is 17.1. The van der Waals surface area contributed by atoms with Gasteiger partial charge in [0.05, 0.1) is 6.10 Å². The second-order valence-corrected chi connectivity index (χ2v) is 4.62. The molecule has 1 aliphatic carbocycles. The third-order valence-electron chi connectivity index (χ3n) is 3.20. The molecule has 0 radical (unpaired) electrons. The molecule has 0 bridgehead atoms. The topological polar surface area (TPSA) is 72.7 Å². The van der Waals surface area contributed by atoms with E-state index in [9.17, 15) is 15.3 Å². The Morgan fingerprint density at radius 3 is 2.67 bits per heavy atom. The molecule has 18 heavy (non-hydrogen) atoms. The molecule has 4 heteroatoms. The Morgan fingerprint density at radius 2 is 2.00 bits per heavy atom. The van der Waals surface area contributed by atoms with Crippen LogP contribution in [-0.2, 0) is 0 Å². The lowest BCUT2D eigenvalue weighted by Gasteiger charge is -2.18. The van der Waals surface area contributed by atoms with E-state index in [-0.39, 0.29) is 11.5 Å². The van der Waals surface area contributed by atoms with Crippen LogP contribution in [0.25, 0.3) is 0 Å². The van der Waals surface area contributed by atoms with Gasteiger partial charge in [-0.15, -0.1) is 0 Å². The highest BCUT2D eigenvalue weighted by atomic mass is 16.3. The number of hydrogen-bond acceptors (Lipinski definition) is 4. The summed E-state index contributed by atoms with van der Waals surface area (Å²) in [6.07, 6.45) is 6.03. The second-order valence-electron chi connectivity index (χ2n) is 4.62. The third-order valence-corrected chi connectivity index (χ3v) is 3.20. The van der Waals surface area contributed by atoms with Gasteiger partial charge in [-0.3, -0.25) is 0 Å². The Hall–Kier alpha value is -1.68. The number of aliphatic hydroxyl groups excluding tert-OH is 1. The average Bonchev–Trinajstić information content (AvgIpc) is 2.40. The number of phenols is 2. The molecule has 1 unspecified atom stereocenters. The van der Waals surface area contributed by atoms with Gasteiger partial charge in [0, 0.05) is 12.2 Å². The van der Waals surface area contributed by atoms with Crippen LogP contribution in [0.5, 0.6) is 11.5 Å². The number of phenolic OH excluding ortho intramolecular Hbond substituents is 2. The van der Waals surface area contributed by atoms with Crippen LogP contribution in [0.1, 0.15) is 37.4 Å². The SMILES string of the molecule is Oc1ccc(C(O)CNC2=CCCCC2)cc1O. The smallest absolute Gasteiger partial charge is 0.157 e. The summed E-state index contributed by atoms with van der Waals surface area (Å²) < 4.78 is 0. The van der Waals surface area contributed by atoms with Crippen LogP contribution in [-0.4, -0.2) is 21.9 Å². The number of benzene rings is 1. The highest BCUT2D eigenvalue weighted by Crippen LogP contribution is 2.27. The number of aromatic hydroxyl groups is 2. The minimum absolute atomic E-state index is 0.172. The maximum atomic E-state index is 9.98. The molecular formula is C14H19NO3. The molecule has 1 aromatic rings. The van der Waals surface area contributed by atoms with E-state index in [2.05, 4.69) is 11.4 Å². The first-order valence-electron chi connectivity index (χ1n) is 6.29. The molecule has 1 atom stereocenters. The summed E-state index contributed by atoms with van der Waals surface area (Å²) in [5.41, 5.74) is 1.78. The minimum atomic E-state index is -0.695. The van der Waals surface area contributed by atoms with Crippen molar-refractivity contribution in [2.24, 2.45) is 0 Å². The van der Waals surface area contributed by atoms with Crippen molar-refractivity contribution in [3.05, 3.63) is 35.5 Å². The zero-order chi connectivity index (χ0) is 13.0. The molecule has 0 heterocycles. The summed E-state index contributed by atoms with van der Waals surface area (Å²) in [7, 11) is 0. The first-order chi connectivity index (χ1) is 8.66. The Kier molecular flexibility index (Phi) is 4.10. The van der Waals surface area contributed by atoms with Gasteiger partial charge in [0.15, 0.2) is 11.5 Å². The molecule has 0 aliphatic heterocycles. The second kappa shape index (κ2) is 5.78. The van der Waals surface area contributed by atoms with Crippen molar-refractivity contribution in [2.45, 2.75) is 31.8 Å². The number of nitrogens with one attached hydrogen (secondary N) is 1. The molecule has 0 spiro atoms. The van der Waals surface area contributed by atoms with Crippen molar-refractivity contribution in [1.29, 1.82) is 0 Å². The van der Waals surface area contributed by atoms with Gasteiger partial charge in [-0.05, 0) is 43.4 Å². The Labute approximate surface area is 107 Å². The highest BCUT2D eigenvalue weighted by Gasteiger charge is 2.11. The maximum Gasteiger partial charge on any atom is 0.157 e. The lowest BCUT2D eigenvalue weighted by molar-refractivity contribution is 0.177. The lowest BCUT2D eigenvalue weighted by atomic mass is 10.0. The first kappa shape index (κ1) is 12.8. The molecule has 98 valence electrons. The molecule has 2 rings (SSSR count). The van der Waals surface area contributed by atoms with Crippen molar-refractivity contribution < 1.29 is 15.3 Å². The van der Waals surface area contributed by atoms with Gasteiger partial charge >= 0.3 is 0 Å². The molecule has 4 N–H and O–H groups in total. The van der Waals surface area contributed by atoms with Gasteiger partial charge in [0.2, 0.25) is 0 Å². The van der Waals surface area contributed by atoms with Crippen molar-refractivity contribution in [2.75, 3.05) is 6.54 Å². The van der Waals surface area contributed by atoms with E-state index in [1.165, 1.54) is 30.7 Å². The zero-order valence-corrected chi connectivity index (χ0v) is 10.3. The van der Waals surface area contributed by atoms with E-state index in [0.717, 1.165) is 12.8 Å². The lowest BCUT2D eigenvalue weighted by Crippen LogP contribution is -2.22. The van der Waals surface area contributed by atoms with Crippen LogP contribution in [0.4, 0.5) is 0 Å². The van der Waals surface area contributed by atoms with Gasteiger partial charge in [-0.1, -0.05) is 12.1 Å². The van der Waals surface area contributed by atoms with Crippen molar-refractivity contribution >= 4 is 0 Å². The third kappa shape index (κ3) is 3.17. The van der Waals surface area contributed by atoms with Gasteiger partial charge in [0.1, 0.15) is 0 Å². The minimum Gasteiger partial charge on any atom is -0.504 e. The predicted molar refractivity (Wildman–Crippen MR) is 69.3 cm³/mol. The highest BCUT2D eigenvalue weighted by molar-refractivity contribution is 5.41. The summed E-state index contributed by atoms with van der Waals surface area (Å²) >= 11 is 0. The number of hydrogen-bond donors (Lipinski definition) is 4. The number of allylic oxidation sites excluding steroid dienone is 2. The van der Waals surface area contributed by atoms with Crippen LogP contribution in [0.15, 0.2) is 30.0 Å². The number of aliphatic hydroxyl groups is 1. The maximum absolute atomic E-state index is 9.98. The van der Waals surface area contributed by atoms with Crippen LogP contribution in [0.3, 0.4) is 0 Å². The molecule has 0 amide bonds. The fourth-order valence-electron chi connectivity index (χ4n) is 2.09. The quantitative estimate of drug-likeness (QED) is 0.617. The predicted octanol–water partition coefficient (Wildman–Crippen LogP) is 2.18. The van der Waals surface area contributed by atoms with Crippen LogP contribution < -0.4 is 5.32 Å². The standard InChI is InChI=1S/C14H19NO3/c16-12-7-6-10(8-13(12)17)14(18)9-15-11-4-2-1-3-5-11/h4,6-8,14-18H,1-3,5,9H2. The van der Waals surface area contributed by atoms with Crippen molar-refractivity contribution in [1.82, 2.24) is 5.32 Å². The molecule has 1 aromatic carbocycles. The summed E-state index contributed by atoms with van der Waals surface area (Å²) in [6.45, 7) is 0.413. The van der Waals surface area contributed by atoms with Gasteiger partial charge < -0.3 is 20.6 Å². The Bertz CT molecular complexity index is 443. The zero-order valence-electron chi connectivity index (χ0n) is 10.3. The molecule has 0 saturated heterocycles. The average molecular weight is 249 g/mol. The molecule has 1 aliphatic rings. The van der Waals surface area contributed by atoms with E-state index >= 15 is 0 Å². The summed E-state index contributed by atoms with van der Waals surface area (Å²) in [5, 5.41) is 31.8. The summed E-state index contributed by atoms with van der Waals surface area (Å²) in [5.74, 6) is -0.377. The molecule has 0 aromatic heterocycles. The fourth-order valence-corrected chi connectivity index (χ4v) is 2.09. The van der Waals surface area contributed by atoms with E-state index < -0.39 is 6.10 Å². The Morgan fingerprint density at radius 1 is 1.17 bits per heavy atom. The largest absolute Gasteiger partial charge is 0.504 e. The van der Waals surface area contributed by atoms with E-state index in [1.54, 1.807) is 6.07 Å². The summed E-state index contributed by atoms with van der Waals surface area (Å²) in [4.78, 5) is 0. The van der Waals surface area contributed by atoms with Crippen molar-refractivity contribution in [3.63, 3.8) is 0 Å². The first-order valence-corrected chi connectivity index (χ1v) is 6.29. The Balaban J connectivity index is 1.92. The molecule has 0 fully saturated rings. The van der Waals surface area contributed by atoms with Crippen LogP contribution >= 0.6 is 0 Å². The molecule has 0 saturated carbocycles. The van der Waals surface area contributed by atoms with E-state index in [4.69, 9.17) is 0 Å². The van der Waals surface area contributed by atoms with Gasteiger partial charge in [0.25, 0.3) is 0 Å². The number of rotatable bonds is 4. The van der Waals surface area contributed by atoms with E-state index in [1.807, 2.05) is 0 Å². The summed E-state index contributed by atoms with van der Waals surface area (Å²) in [6, 6.07) is 4.38. The van der Waals surface area contributed by atoms with Gasteiger partial charge in [-0.2, -0.15) is 0 Å². The fraction of sp³-hybridized carbons (Fsp3) is 0.429. The molecular weight excluding hydrogens is 230 g/mol. The van der Waals surface area contributed by atoms with Crippen LogP contribution in [0, 0.1) is 0 Å².